The van der Waals surface area contributed by atoms with E-state index in [4.69, 9.17) is 0 Å². The molecule has 0 aromatic carbocycles. The van der Waals surface area contributed by atoms with Gasteiger partial charge in [-0.25, -0.2) is 4.99 Å². The van der Waals surface area contributed by atoms with Gasteiger partial charge in [-0.3, -0.25) is 0 Å². The molecule has 202 valence electrons. The summed E-state index contributed by atoms with van der Waals surface area (Å²) < 4.78 is 0. The molecule has 1 aromatic heterocycles. The number of H-pyrrole nitrogens is 1. The molecule has 4 nitrogen and oxygen atoms in total. The van der Waals surface area contributed by atoms with Crippen molar-refractivity contribution in [1.82, 2.24) is 10.3 Å². The van der Waals surface area contributed by atoms with E-state index in [1.807, 2.05) is 45.9 Å². The van der Waals surface area contributed by atoms with Crippen LogP contribution in [0, 0.1) is 18.8 Å². The second kappa shape index (κ2) is 14.4. The molecule has 0 amide bonds. The summed E-state index contributed by atoms with van der Waals surface area (Å²) >= 11 is 1.50. The molecule has 3 N–H and O–H groups in total. The summed E-state index contributed by atoms with van der Waals surface area (Å²) in [6.45, 7) is 24.3. The minimum atomic E-state index is 0.339. The maximum absolute atomic E-state index is 10.6. The molecule has 0 saturated heterocycles. The minimum absolute atomic E-state index is 0.339. The molecule has 37 heavy (non-hydrogen) atoms. The summed E-state index contributed by atoms with van der Waals surface area (Å²) in [6.07, 6.45) is 14.6. The molecule has 1 aromatic rings. The highest BCUT2D eigenvalue weighted by Gasteiger charge is 2.45. The first-order valence-corrected chi connectivity index (χ1v) is 14.3. The van der Waals surface area contributed by atoms with Crippen molar-refractivity contribution in [3.63, 3.8) is 0 Å². The van der Waals surface area contributed by atoms with Gasteiger partial charge in [0.15, 0.2) is 0 Å². The van der Waals surface area contributed by atoms with Gasteiger partial charge >= 0.3 is 0 Å². The predicted octanol–water partition coefficient (Wildman–Crippen LogP) is 8.71. The molecule has 1 heterocycles. The van der Waals surface area contributed by atoms with E-state index in [1.54, 1.807) is 6.08 Å². The van der Waals surface area contributed by atoms with E-state index in [1.165, 1.54) is 24.6 Å². The van der Waals surface area contributed by atoms with E-state index in [2.05, 4.69) is 62.0 Å². The molecule has 0 aliphatic heterocycles. The van der Waals surface area contributed by atoms with Gasteiger partial charge in [-0.15, -0.1) is 0 Å². The molecule has 2 aliphatic carbocycles. The van der Waals surface area contributed by atoms with Crippen molar-refractivity contribution in [2.24, 2.45) is 16.8 Å². The second-order valence-corrected chi connectivity index (χ2v) is 11.1. The van der Waals surface area contributed by atoms with Gasteiger partial charge < -0.3 is 15.4 Å². The first-order chi connectivity index (χ1) is 17.6. The number of nitrogens with one attached hydrogen (secondary N) is 2. The summed E-state index contributed by atoms with van der Waals surface area (Å²) in [7, 11) is 2.07. The van der Waals surface area contributed by atoms with Gasteiger partial charge in [0.1, 0.15) is 5.75 Å². The average Bonchev–Trinajstić information content (AvgIpc) is 3.79. The minimum Gasteiger partial charge on any atom is -0.505 e. The number of aryl methyl sites for hydroxylation is 1. The van der Waals surface area contributed by atoms with Gasteiger partial charge in [0.25, 0.3) is 0 Å². The Labute approximate surface area is 229 Å². The Morgan fingerprint density at radius 2 is 1.81 bits per heavy atom. The quantitative estimate of drug-likeness (QED) is 0.190. The normalized spacial score (nSPS) is 22.0. The van der Waals surface area contributed by atoms with Gasteiger partial charge in [-0.1, -0.05) is 82.5 Å². The number of rotatable bonds is 12. The van der Waals surface area contributed by atoms with Crippen LogP contribution in [0.15, 0.2) is 76.2 Å². The van der Waals surface area contributed by atoms with Crippen LogP contribution in [0.4, 0.5) is 0 Å². The van der Waals surface area contributed by atoms with Crippen LogP contribution >= 0.6 is 11.8 Å². The fourth-order valence-electron chi connectivity index (χ4n) is 4.93. The summed E-state index contributed by atoms with van der Waals surface area (Å²) in [5.74, 6) is 2.77. The van der Waals surface area contributed by atoms with Gasteiger partial charge in [0.2, 0.25) is 0 Å². The third kappa shape index (κ3) is 8.51. The Morgan fingerprint density at radius 1 is 1.19 bits per heavy atom. The average molecular weight is 522 g/mol. The largest absolute Gasteiger partial charge is 0.505 e. The number of nitrogens with zero attached hydrogens (tertiary/aromatic N) is 1. The Bertz CT molecular complexity index is 1070. The van der Waals surface area contributed by atoms with Crippen LogP contribution < -0.4 is 5.32 Å². The molecule has 2 aliphatic rings. The zero-order valence-corrected chi connectivity index (χ0v) is 24.8. The molecular formula is C32H47N3OS. The Morgan fingerprint density at radius 3 is 2.27 bits per heavy atom. The second-order valence-electron chi connectivity index (χ2n) is 9.95. The number of aromatic amines is 1. The maximum atomic E-state index is 10.6. The van der Waals surface area contributed by atoms with E-state index in [0.29, 0.717) is 16.7 Å². The van der Waals surface area contributed by atoms with Crippen LogP contribution in [-0.2, 0) is 0 Å². The lowest BCUT2D eigenvalue weighted by Gasteiger charge is -2.07. The molecular weight excluding hydrogens is 474 g/mol. The van der Waals surface area contributed by atoms with Crippen LogP contribution in [0.5, 0.6) is 5.75 Å². The Balaban J connectivity index is 0.000000449. The van der Waals surface area contributed by atoms with Crippen molar-refractivity contribution in [3.8, 4) is 5.75 Å². The van der Waals surface area contributed by atoms with Crippen molar-refractivity contribution in [1.29, 1.82) is 0 Å². The number of hydrogen-bond donors (Lipinski definition) is 3. The van der Waals surface area contributed by atoms with E-state index in [9.17, 15) is 5.11 Å². The Kier molecular flexibility index (Phi) is 12.0. The van der Waals surface area contributed by atoms with E-state index >= 15 is 0 Å². The highest BCUT2D eigenvalue weighted by atomic mass is 32.2. The molecule has 3 rings (SSSR count). The topological polar surface area (TPSA) is 60.4 Å². The smallest absolute Gasteiger partial charge is 0.145 e. The fourth-order valence-corrected chi connectivity index (χ4v) is 5.74. The molecule has 0 spiro atoms. The summed E-state index contributed by atoms with van der Waals surface area (Å²) in [5.41, 5.74) is 5.46. The number of aromatic hydroxyl groups is 1. The SMILES string of the molecule is C=C/C=C\C(=C)/C(C)=C\C(=C/C)SC(=C)/N=C(/C)c1c(C)[nH]c(C2CC2)c1O.CCC1C(CC)C1NC. The predicted molar refractivity (Wildman–Crippen MR) is 165 cm³/mol. The maximum Gasteiger partial charge on any atom is 0.145 e. The van der Waals surface area contributed by atoms with Crippen molar-refractivity contribution in [3.05, 3.63) is 88.1 Å². The molecule has 2 saturated carbocycles. The first-order valence-electron chi connectivity index (χ1n) is 13.5. The summed E-state index contributed by atoms with van der Waals surface area (Å²) in [4.78, 5) is 9.00. The van der Waals surface area contributed by atoms with Gasteiger partial charge in [0, 0.05) is 22.6 Å². The fraction of sp³-hybridized carbons (Fsp3) is 0.469. The lowest BCUT2D eigenvalue weighted by molar-refractivity contribution is 0.467. The van der Waals surface area contributed by atoms with Crippen LogP contribution in [0.3, 0.4) is 0 Å². The van der Waals surface area contributed by atoms with Gasteiger partial charge in [-0.2, -0.15) is 0 Å². The number of aliphatic imine (C=N–C) groups is 1. The number of hydrogen-bond acceptors (Lipinski definition) is 4. The highest BCUT2D eigenvalue weighted by Crippen LogP contribution is 2.45. The highest BCUT2D eigenvalue weighted by molar-refractivity contribution is 8.06. The number of aromatic nitrogens is 1. The Hall–Kier alpha value is -2.50. The molecule has 5 heteroatoms. The monoisotopic (exact) mass is 521 g/mol. The third-order valence-electron chi connectivity index (χ3n) is 7.26. The van der Waals surface area contributed by atoms with E-state index < -0.39 is 0 Å². The molecule has 2 unspecified atom stereocenters. The zero-order valence-electron chi connectivity index (χ0n) is 23.9. The third-order valence-corrected chi connectivity index (χ3v) is 8.17. The van der Waals surface area contributed by atoms with Crippen LogP contribution in [-0.4, -0.2) is 28.9 Å². The van der Waals surface area contributed by atoms with Crippen LogP contribution in [0.25, 0.3) is 0 Å². The van der Waals surface area contributed by atoms with E-state index in [0.717, 1.165) is 69.4 Å². The molecule has 0 radical (unpaired) electrons. The van der Waals surface area contributed by atoms with Crippen LogP contribution in [0.1, 0.15) is 83.2 Å². The summed E-state index contributed by atoms with van der Waals surface area (Å²) in [5, 5.41) is 14.6. The standard InChI is InChI=1S/C24H30N2OS.C8H17N/c1-8-10-11-15(3)16(4)14-21(9-2)28-19(7)25-17(5)22-18(6)26-23(24(22)27)20-12-13-20;1-4-6-7(5-2)8(6)9-3/h8-11,14,20,26-27H,1,3,7,12-13H2,2,4-6H3;6-9H,4-5H2,1-3H3/b11-10-,16-14-,21-9+,25-17-;. The zero-order chi connectivity index (χ0) is 27.7. The number of thioether (sulfide) groups is 1. The summed E-state index contributed by atoms with van der Waals surface area (Å²) in [6, 6.07) is 0.847. The lowest BCUT2D eigenvalue weighted by atomic mass is 10.1. The lowest BCUT2D eigenvalue weighted by Crippen LogP contribution is -2.12. The molecule has 0 bridgehead atoms. The molecule has 2 fully saturated rings. The van der Waals surface area contributed by atoms with Gasteiger partial charge in [0.05, 0.1) is 22.0 Å². The van der Waals surface area contributed by atoms with Crippen molar-refractivity contribution in [2.45, 2.75) is 79.2 Å². The number of allylic oxidation sites excluding steroid dienone is 7. The van der Waals surface area contributed by atoms with Crippen LogP contribution in [0.2, 0.25) is 0 Å². The molecule has 2 atom stereocenters. The van der Waals surface area contributed by atoms with Crippen molar-refractivity contribution in [2.75, 3.05) is 7.05 Å². The first kappa shape index (κ1) is 30.7. The van der Waals surface area contributed by atoms with E-state index in [-0.39, 0.29) is 0 Å². The van der Waals surface area contributed by atoms with Crippen molar-refractivity contribution < 1.29 is 5.11 Å². The van der Waals surface area contributed by atoms with Crippen molar-refractivity contribution >= 4 is 17.5 Å². The van der Waals surface area contributed by atoms with Gasteiger partial charge in [-0.05, 0) is 76.6 Å².